The van der Waals surface area contributed by atoms with Crippen molar-refractivity contribution in [1.29, 1.82) is 0 Å². The van der Waals surface area contributed by atoms with E-state index in [0.29, 0.717) is 6.42 Å². The summed E-state index contributed by atoms with van der Waals surface area (Å²) in [6, 6.07) is 5.39. The molecule has 1 spiro atoms. The lowest BCUT2D eigenvalue weighted by atomic mass is 9.75. The van der Waals surface area contributed by atoms with Crippen molar-refractivity contribution >= 4 is 23.4 Å². The van der Waals surface area contributed by atoms with E-state index in [4.69, 9.17) is 0 Å². The number of amides is 3. The molecule has 0 aliphatic carbocycles. The zero-order valence-corrected chi connectivity index (χ0v) is 16.5. The van der Waals surface area contributed by atoms with Crippen molar-refractivity contribution in [3.8, 4) is 0 Å². The number of anilines is 1. The number of rotatable bonds is 3. The molecule has 0 saturated carbocycles. The molecule has 0 bridgehead atoms. The van der Waals surface area contributed by atoms with Crippen LogP contribution in [0.3, 0.4) is 0 Å². The zero-order chi connectivity index (χ0) is 19.7. The topological polar surface area (TPSA) is 78.5 Å². The molecule has 144 valence electrons. The number of fused-ring (bicyclic) bond motifs is 4. The first kappa shape index (κ1) is 18.2. The van der Waals surface area contributed by atoms with E-state index in [9.17, 15) is 14.4 Å². The first-order valence-corrected chi connectivity index (χ1v) is 9.81. The van der Waals surface area contributed by atoms with Crippen molar-refractivity contribution in [2.75, 3.05) is 5.32 Å². The highest BCUT2D eigenvalue weighted by Gasteiger charge is 2.71. The summed E-state index contributed by atoms with van der Waals surface area (Å²) in [7, 11) is 0. The molecule has 2 N–H and O–H groups in total. The van der Waals surface area contributed by atoms with Crippen molar-refractivity contribution < 1.29 is 14.4 Å². The Morgan fingerprint density at radius 3 is 2.48 bits per heavy atom. The Morgan fingerprint density at radius 2 is 1.85 bits per heavy atom. The molecule has 27 heavy (non-hydrogen) atoms. The van der Waals surface area contributed by atoms with Crippen LogP contribution in [0, 0.1) is 24.7 Å². The highest BCUT2D eigenvalue weighted by Crippen LogP contribution is 2.54. The molecule has 0 unspecified atom stereocenters. The highest BCUT2D eigenvalue weighted by atomic mass is 16.2. The Balaban J connectivity index is 1.92. The summed E-state index contributed by atoms with van der Waals surface area (Å²) < 4.78 is 0. The van der Waals surface area contributed by atoms with E-state index in [1.165, 1.54) is 4.90 Å². The normalized spacial score (nSPS) is 33.0. The molecule has 3 aliphatic rings. The number of benzene rings is 1. The van der Waals surface area contributed by atoms with E-state index in [-0.39, 0.29) is 35.7 Å². The van der Waals surface area contributed by atoms with Crippen LogP contribution in [0.2, 0.25) is 0 Å². The molecule has 3 amide bonds. The van der Waals surface area contributed by atoms with Gasteiger partial charge in [-0.25, -0.2) is 0 Å². The first-order valence-electron chi connectivity index (χ1n) is 9.81. The van der Waals surface area contributed by atoms with Crippen LogP contribution in [0.4, 0.5) is 5.69 Å². The van der Waals surface area contributed by atoms with Crippen LogP contribution in [0.1, 0.15) is 45.2 Å². The lowest BCUT2D eigenvalue weighted by Gasteiger charge is -2.32. The van der Waals surface area contributed by atoms with Gasteiger partial charge in [-0.2, -0.15) is 0 Å². The monoisotopic (exact) mass is 369 g/mol. The minimum absolute atomic E-state index is 0.118. The number of carbonyl (C=O) groups excluding carboxylic acids is 3. The number of nitrogens with zero attached hydrogens (tertiary/aromatic N) is 1. The second kappa shape index (κ2) is 5.89. The average molecular weight is 369 g/mol. The maximum atomic E-state index is 13.5. The fourth-order valence-electron chi connectivity index (χ4n) is 5.06. The molecule has 6 heteroatoms. The van der Waals surface area contributed by atoms with E-state index in [1.54, 1.807) is 0 Å². The van der Waals surface area contributed by atoms with Gasteiger partial charge in [0, 0.05) is 23.3 Å². The summed E-state index contributed by atoms with van der Waals surface area (Å²) in [6.45, 7) is 9.89. The molecule has 3 heterocycles. The van der Waals surface area contributed by atoms with Crippen LogP contribution in [0.15, 0.2) is 18.2 Å². The standard InChI is InChI=1S/C21H27N3O3/c1-6-12(5)24-18(25)15-16(19(24)26)21(23-17(15)10(2)3)13-9-11(4)7-8-14(13)22-20(21)27/h7-10,12,15-17,23H,6H2,1-5H3,(H,22,27)/t12-,15-,16-,17-,21-/m0/s1. The SMILES string of the molecule is CC[C@H](C)N1C(=O)[C@H]2[C@@H](C1=O)[C@]1(N[C@H]2C(C)C)C(=O)Nc2ccc(C)cc21. The van der Waals surface area contributed by atoms with E-state index in [1.807, 2.05) is 52.8 Å². The van der Waals surface area contributed by atoms with Gasteiger partial charge >= 0.3 is 0 Å². The Bertz CT molecular complexity index is 849. The van der Waals surface area contributed by atoms with Crippen molar-refractivity contribution in [3.63, 3.8) is 0 Å². The molecule has 6 nitrogen and oxygen atoms in total. The molecule has 4 rings (SSSR count). The van der Waals surface area contributed by atoms with Gasteiger partial charge in [-0.05, 0) is 32.3 Å². The number of hydrogen-bond donors (Lipinski definition) is 2. The van der Waals surface area contributed by atoms with E-state index < -0.39 is 17.4 Å². The largest absolute Gasteiger partial charge is 0.324 e. The van der Waals surface area contributed by atoms with Gasteiger partial charge in [0.05, 0.1) is 11.8 Å². The van der Waals surface area contributed by atoms with Gasteiger partial charge in [0.1, 0.15) is 5.54 Å². The van der Waals surface area contributed by atoms with Gasteiger partial charge < -0.3 is 5.32 Å². The molecule has 3 aliphatic heterocycles. The minimum Gasteiger partial charge on any atom is -0.324 e. The van der Waals surface area contributed by atoms with Gasteiger partial charge in [0.25, 0.3) is 0 Å². The second-order valence-electron chi connectivity index (χ2n) is 8.53. The van der Waals surface area contributed by atoms with Crippen molar-refractivity contribution in [1.82, 2.24) is 10.2 Å². The maximum absolute atomic E-state index is 13.5. The lowest BCUT2D eigenvalue weighted by Crippen LogP contribution is -2.54. The number of nitrogens with one attached hydrogen (secondary N) is 2. The molecule has 2 fully saturated rings. The Morgan fingerprint density at radius 1 is 1.15 bits per heavy atom. The summed E-state index contributed by atoms with van der Waals surface area (Å²) in [5.74, 6) is -1.69. The predicted octanol–water partition coefficient (Wildman–Crippen LogP) is 2.17. The van der Waals surface area contributed by atoms with Gasteiger partial charge in [-0.1, -0.05) is 38.5 Å². The summed E-state index contributed by atoms with van der Waals surface area (Å²) in [4.78, 5) is 41.4. The summed E-state index contributed by atoms with van der Waals surface area (Å²) >= 11 is 0. The molecular formula is C21H27N3O3. The quantitative estimate of drug-likeness (QED) is 0.801. The van der Waals surface area contributed by atoms with Gasteiger partial charge in [-0.15, -0.1) is 0 Å². The number of carbonyl (C=O) groups is 3. The smallest absolute Gasteiger partial charge is 0.250 e. The van der Waals surface area contributed by atoms with Crippen molar-refractivity contribution in [2.24, 2.45) is 17.8 Å². The highest BCUT2D eigenvalue weighted by molar-refractivity contribution is 6.15. The number of imide groups is 1. The molecule has 2 saturated heterocycles. The summed E-state index contributed by atoms with van der Waals surface area (Å²) in [5, 5.41) is 6.40. The van der Waals surface area contributed by atoms with Crippen LogP contribution >= 0.6 is 0 Å². The molecular weight excluding hydrogens is 342 g/mol. The summed E-state index contributed by atoms with van der Waals surface area (Å²) in [5.41, 5.74) is 1.36. The number of hydrogen-bond acceptors (Lipinski definition) is 4. The molecule has 0 aromatic heterocycles. The third-order valence-corrected chi connectivity index (χ3v) is 6.59. The summed E-state index contributed by atoms with van der Waals surface area (Å²) in [6.07, 6.45) is 0.700. The van der Waals surface area contributed by atoms with Crippen molar-refractivity contribution in [3.05, 3.63) is 29.3 Å². The molecule has 5 atom stereocenters. The first-order chi connectivity index (χ1) is 12.7. The Hall–Kier alpha value is -2.21. The Kier molecular flexibility index (Phi) is 3.97. The van der Waals surface area contributed by atoms with Crippen molar-refractivity contribution in [2.45, 2.75) is 58.7 Å². The molecule has 1 aromatic rings. The van der Waals surface area contributed by atoms with E-state index in [0.717, 1.165) is 16.8 Å². The fraction of sp³-hybridized carbons (Fsp3) is 0.571. The third kappa shape index (κ3) is 2.19. The predicted molar refractivity (Wildman–Crippen MR) is 102 cm³/mol. The zero-order valence-electron chi connectivity index (χ0n) is 16.5. The molecule has 1 aromatic carbocycles. The Labute approximate surface area is 159 Å². The van der Waals surface area contributed by atoms with Crippen LogP contribution in [-0.2, 0) is 19.9 Å². The van der Waals surface area contributed by atoms with Crippen LogP contribution < -0.4 is 10.6 Å². The average Bonchev–Trinajstić information content (AvgIpc) is 3.20. The van der Waals surface area contributed by atoms with Gasteiger partial charge in [0.15, 0.2) is 0 Å². The third-order valence-electron chi connectivity index (χ3n) is 6.59. The van der Waals surface area contributed by atoms with Crippen LogP contribution in [-0.4, -0.2) is 34.7 Å². The lowest BCUT2D eigenvalue weighted by molar-refractivity contribution is -0.145. The van der Waals surface area contributed by atoms with E-state index >= 15 is 0 Å². The van der Waals surface area contributed by atoms with Crippen LogP contribution in [0.25, 0.3) is 0 Å². The minimum atomic E-state index is -1.17. The maximum Gasteiger partial charge on any atom is 0.250 e. The van der Waals surface area contributed by atoms with Crippen LogP contribution in [0.5, 0.6) is 0 Å². The number of aryl methyl sites for hydroxylation is 1. The second-order valence-corrected chi connectivity index (χ2v) is 8.53. The molecule has 0 radical (unpaired) electrons. The van der Waals surface area contributed by atoms with Gasteiger partial charge in [0.2, 0.25) is 17.7 Å². The number of likely N-dealkylation sites (tertiary alicyclic amines) is 1. The van der Waals surface area contributed by atoms with E-state index in [2.05, 4.69) is 10.6 Å². The van der Waals surface area contributed by atoms with Gasteiger partial charge in [-0.3, -0.25) is 24.6 Å². The fourth-order valence-corrected chi connectivity index (χ4v) is 5.06.